The topological polar surface area (TPSA) is 80.3 Å². The van der Waals surface area contributed by atoms with Crippen molar-refractivity contribution in [3.8, 4) is 5.75 Å². The highest BCUT2D eigenvalue weighted by atomic mass is 79.9. The van der Waals surface area contributed by atoms with Gasteiger partial charge in [0, 0.05) is 45.2 Å². The van der Waals surface area contributed by atoms with Gasteiger partial charge in [-0.1, -0.05) is 32.0 Å². The summed E-state index contributed by atoms with van der Waals surface area (Å²) >= 11 is 3.36. The molecule has 0 unspecified atom stereocenters. The molecular formula is C25H26BrN3O3. The van der Waals surface area contributed by atoms with Gasteiger partial charge in [-0.25, -0.2) is 4.98 Å². The molecule has 2 aliphatic rings. The quantitative estimate of drug-likeness (QED) is 0.616. The standard InChI is InChI=1S/C25H26BrN3O3/c1-14-21(24(31)29-20-10-9-15(26)13-27-20)22(16-7-5-6-8-19(16)32-4)23-17(28-14)11-25(2,3)12-18(23)30/h5-10,13,22,28H,11-12H2,1-4H3,(H,27,29,31)/t22-/m0/s1. The first kappa shape index (κ1) is 22.3. The number of anilines is 1. The number of dihydropyridines is 1. The Morgan fingerprint density at radius 1 is 1.22 bits per heavy atom. The van der Waals surface area contributed by atoms with Crippen molar-refractivity contribution in [1.82, 2.24) is 10.3 Å². The lowest BCUT2D eigenvalue weighted by Crippen LogP contribution is -2.39. The van der Waals surface area contributed by atoms with Crippen LogP contribution in [0.4, 0.5) is 5.82 Å². The number of aromatic nitrogens is 1. The minimum absolute atomic E-state index is 0.0548. The predicted molar refractivity (Wildman–Crippen MR) is 127 cm³/mol. The number of pyridine rings is 1. The van der Waals surface area contributed by atoms with Crippen LogP contribution < -0.4 is 15.4 Å². The lowest BCUT2D eigenvalue weighted by atomic mass is 9.68. The van der Waals surface area contributed by atoms with E-state index in [4.69, 9.17) is 4.74 Å². The van der Waals surface area contributed by atoms with E-state index in [0.717, 1.165) is 27.9 Å². The number of Topliss-reactive ketones (excluding diaryl/α,β-unsaturated/α-hetero) is 1. The van der Waals surface area contributed by atoms with E-state index in [1.54, 1.807) is 19.4 Å². The maximum atomic E-state index is 13.5. The van der Waals surface area contributed by atoms with Crippen LogP contribution in [0.5, 0.6) is 5.75 Å². The number of carbonyl (C=O) groups is 2. The summed E-state index contributed by atoms with van der Waals surface area (Å²) in [5.74, 6) is 0.308. The van der Waals surface area contributed by atoms with Crippen molar-refractivity contribution in [3.05, 3.63) is 75.2 Å². The highest BCUT2D eigenvalue weighted by Gasteiger charge is 2.43. The number of halogens is 1. The summed E-state index contributed by atoms with van der Waals surface area (Å²) in [6.07, 6.45) is 2.79. The number of ketones is 1. The first-order chi connectivity index (χ1) is 15.2. The zero-order valence-electron chi connectivity index (χ0n) is 18.6. The lowest BCUT2D eigenvalue weighted by Gasteiger charge is -2.39. The molecular weight excluding hydrogens is 470 g/mol. The molecule has 1 atom stereocenters. The summed E-state index contributed by atoms with van der Waals surface area (Å²) in [5, 5.41) is 6.27. The monoisotopic (exact) mass is 495 g/mol. The van der Waals surface area contributed by atoms with Crippen molar-refractivity contribution in [2.75, 3.05) is 12.4 Å². The molecule has 2 N–H and O–H groups in total. The molecule has 4 rings (SSSR count). The molecule has 7 heteroatoms. The van der Waals surface area contributed by atoms with Crippen molar-refractivity contribution in [2.24, 2.45) is 5.41 Å². The number of para-hydroxylation sites is 1. The fraction of sp³-hybridized carbons (Fsp3) is 0.320. The maximum absolute atomic E-state index is 13.5. The van der Waals surface area contributed by atoms with E-state index in [0.29, 0.717) is 29.1 Å². The Balaban J connectivity index is 1.83. The second-order valence-electron chi connectivity index (χ2n) is 8.99. The summed E-state index contributed by atoms with van der Waals surface area (Å²) < 4.78 is 6.44. The number of ether oxygens (including phenoxy) is 1. The number of hydrogen-bond donors (Lipinski definition) is 2. The Morgan fingerprint density at radius 3 is 2.66 bits per heavy atom. The summed E-state index contributed by atoms with van der Waals surface area (Å²) in [7, 11) is 1.60. The second kappa shape index (κ2) is 8.54. The van der Waals surface area contributed by atoms with Gasteiger partial charge in [-0.05, 0) is 52.9 Å². The molecule has 1 aromatic heterocycles. The highest BCUT2D eigenvalue weighted by molar-refractivity contribution is 9.10. The SMILES string of the molecule is COc1ccccc1[C@H]1C(C(=O)Nc2ccc(Br)cn2)=C(C)NC2=C1C(=O)CC(C)(C)C2. The molecule has 0 spiro atoms. The molecule has 1 aromatic carbocycles. The molecule has 2 aromatic rings. The van der Waals surface area contributed by atoms with Gasteiger partial charge in [0.1, 0.15) is 11.6 Å². The van der Waals surface area contributed by atoms with Crippen molar-refractivity contribution < 1.29 is 14.3 Å². The second-order valence-corrected chi connectivity index (χ2v) is 9.90. The number of methoxy groups -OCH3 is 1. The Labute approximate surface area is 196 Å². The van der Waals surface area contributed by atoms with E-state index in [1.807, 2.05) is 37.3 Å². The predicted octanol–water partition coefficient (Wildman–Crippen LogP) is 5.10. The van der Waals surface area contributed by atoms with Crippen LogP contribution >= 0.6 is 15.9 Å². The Morgan fingerprint density at radius 2 is 1.97 bits per heavy atom. The summed E-state index contributed by atoms with van der Waals surface area (Å²) in [6.45, 7) is 6.06. The van der Waals surface area contributed by atoms with Gasteiger partial charge >= 0.3 is 0 Å². The number of benzene rings is 1. The smallest absolute Gasteiger partial charge is 0.255 e. The molecule has 1 aliphatic carbocycles. The van der Waals surface area contributed by atoms with Crippen LogP contribution in [0.25, 0.3) is 0 Å². The minimum atomic E-state index is -0.526. The third kappa shape index (κ3) is 4.21. The number of nitrogens with zero attached hydrogens (tertiary/aromatic N) is 1. The minimum Gasteiger partial charge on any atom is -0.496 e. The normalized spacial score (nSPS) is 19.9. The van der Waals surface area contributed by atoms with Crippen molar-refractivity contribution >= 4 is 33.4 Å². The first-order valence-electron chi connectivity index (χ1n) is 10.5. The average molecular weight is 496 g/mol. The molecule has 32 heavy (non-hydrogen) atoms. The molecule has 2 heterocycles. The fourth-order valence-corrected chi connectivity index (χ4v) is 4.82. The third-order valence-corrected chi connectivity index (χ3v) is 6.37. The maximum Gasteiger partial charge on any atom is 0.255 e. The van der Waals surface area contributed by atoms with E-state index in [1.165, 1.54) is 0 Å². The number of nitrogens with one attached hydrogen (secondary N) is 2. The molecule has 0 bridgehead atoms. The van der Waals surface area contributed by atoms with Crippen LogP contribution in [0, 0.1) is 5.41 Å². The van der Waals surface area contributed by atoms with Crippen LogP contribution in [-0.2, 0) is 9.59 Å². The van der Waals surface area contributed by atoms with E-state index in [2.05, 4.69) is 45.4 Å². The van der Waals surface area contributed by atoms with Gasteiger partial charge in [0.15, 0.2) is 5.78 Å². The van der Waals surface area contributed by atoms with Crippen LogP contribution in [0.15, 0.2) is 69.6 Å². The van der Waals surface area contributed by atoms with Crippen molar-refractivity contribution in [3.63, 3.8) is 0 Å². The van der Waals surface area contributed by atoms with Crippen molar-refractivity contribution in [1.29, 1.82) is 0 Å². The average Bonchev–Trinajstić information content (AvgIpc) is 2.73. The molecule has 0 saturated carbocycles. The molecule has 166 valence electrons. The number of allylic oxidation sites excluding steroid dienone is 3. The number of amides is 1. The first-order valence-corrected chi connectivity index (χ1v) is 11.3. The van der Waals surface area contributed by atoms with Gasteiger partial charge in [-0.15, -0.1) is 0 Å². The van der Waals surface area contributed by atoms with E-state index < -0.39 is 5.92 Å². The van der Waals surface area contributed by atoms with Crippen LogP contribution in [0.2, 0.25) is 0 Å². The van der Waals surface area contributed by atoms with Crippen LogP contribution in [0.3, 0.4) is 0 Å². The summed E-state index contributed by atoms with van der Waals surface area (Å²) in [4.78, 5) is 31.2. The Kier molecular flexibility index (Phi) is 5.95. The zero-order valence-corrected chi connectivity index (χ0v) is 20.2. The van der Waals surface area contributed by atoms with Crippen molar-refractivity contribution in [2.45, 2.75) is 39.5 Å². The van der Waals surface area contributed by atoms with E-state index in [-0.39, 0.29) is 17.1 Å². The zero-order chi connectivity index (χ0) is 23.0. The molecule has 1 amide bonds. The number of rotatable bonds is 4. The fourth-order valence-electron chi connectivity index (χ4n) is 4.59. The Bertz CT molecular complexity index is 1150. The van der Waals surface area contributed by atoms with Gasteiger partial charge in [-0.2, -0.15) is 0 Å². The lowest BCUT2D eigenvalue weighted by molar-refractivity contribution is -0.118. The largest absolute Gasteiger partial charge is 0.496 e. The van der Waals surface area contributed by atoms with Gasteiger partial charge in [0.05, 0.1) is 13.0 Å². The van der Waals surface area contributed by atoms with Gasteiger partial charge in [0.2, 0.25) is 0 Å². The van der Waals surface area contributed by atoms with Crippen LogP contribution in [0.1, 0.15) is 45.1 Å². The van der Waals surface area contributed by atoms with Gasteiger partial charge < -0.3 is 15.4 Å². The Hall–Kier alpha value is -2.93. The van der Waals surface area contributed by atoms with Gasteiger partial charge in [0.25, 0.3) is 5.91 Å². The summed E-state index contributed by atoms with van der Waals surface area (Å²) in [5.41, 5.74) is 3.40. The van der Waals surface area contributed by atoms with Gasteiger partial charge in [-0.3, -0.25) is 9.59 Å². The van der Waals surface area contributed by atoms with E-state index in [9.17, 15) is 9.59 Å². The summed E-state index contributed by atoms with van der Waals surface area (Å²) in [6, 6.07) is 11.1. The molecule has 0 fully saturated rings. The highest BCUT2D eigenvalue weighted by Crippen LogP contribution is 2.48. The molecule has 6 nitrogen and oxygen atoms in total. The number of hydrogen-bond acceptors (Lipinski definition) is 5. The molecule has 0 radical (unpaired) electrons. The van der Waals surface area contributed by atoms with E-state index >= 15 is 0 Å². The number of carbonyl (C=O) groups excluding carboxylic acids is 2. The molecule has 1 aliphatic heterocycles. The third-order valence-electron chi connectivity index (χ3n) is 5.90. The van der Waals surface area contributed by atoms with Crippen LogP contribution in [-0.4, -0.2) is 23.8 Å². The molecule has 0 saturated heterocycles.